The summed E-state index contributed by atoms with van der Waals surface area (Å²) in [5, 5.41) is 5.46. The van der Waals surface area contributed by atoms with E-state index in [9.17, 15) is 9.18 Å². The van der Waals surface area contributed by atoms with Crippen LogP contribution in [0, 0.1) is 5.82 Å². The Kier molecular flexibility index (Phi) is 6.26. The van der Waals surface area contributed by atoms with Gasteiger partial charge in [0.1, 0.15) is 11.6 Å². The van der Waals surface area contributed by atoms with Crippen molar-refractivity contribution in [1.82, 2.24) is 5.32 Å². The molecule has 126 valence electrons. The number of carbonyl (C=O) groups is 1. The van der Waals surface area contributed by atoms with Crippen LogP contribution in [-0.4, -0.2) is 17.6 Å². The number of hydrogen-bond acceptors (Lipinski definition) is 3. The molecule has 0 aliphatic heterocycles. The predicted octanol–water partition coefficient (Wildman–Crippen LogP) is 3.84. The van der Waals surface area contributed by atoms with Gasteiger partial charge < -0.3 is 10.1 Å². The van der Waals surface area contributed by atoms with Crippen LogP contribution in [0.5, 0.6) is 5.75 Å². The van der Waals surface area contributed by atoms with E-state index in [1.165, 1.54) is 24.3 Å². The van der Waals surface area contributed by atoms with Crippen LogP contribution in [0.3, 0.4) is 0 Å². The van der Waals surface area contributed by atoms with Crippen molar-refractivity contribution < 1.29 is 13.9 Å². The Morgan fingerprint density at radius 2 is 1.83 bits per heavy atom. The molecular formula is C18H19FN2O2S. The maximum Gasteiger partial charge on any atom is 0.264 e. The molecule has 0 radical (unpaired) electrons. The van der Waals surface area contributed by atoms with Crippen molar-refractivity contribution in [3.8, 4) is 5.75 Å². The SMILES string of the molecule is CC(C)c1ccccc1OCC(=O)NC(=S)Nc1ccc(F)cc1. The largest absolute Gasteiger partial charge is 0.483 e. The van der Waals surface area contributed by atoms with Gasteiger partial charge in [0.05, 0.1) is 0 Å². The van der Waals surface area contributed by atoms with E-state index in [1.807, 2.05) is 24.3 Å². The van der Waals surface area contributed by atoms with E-state index in [4.69, 9.17) is 17.0 Å². The molecule has 0 aliphatic rings. The Labute approximate surface area is 146 Å². The van der Waals surface area contributed by atoms with E-state index >= 15 is 0 Å². The molecule has 2 aromatic carbocycles. The molecule has 0 aliphatic carbocycles. The van der Waals surface area contributed by atoms with Gasteiger partial charge in [0, 0.05) is 5.69 Å². The van der Waals surface area contributed by atoms with Crippen LogP contribution in [0.25, 0.3) is 0 Å². The van der Waals surface area contributed by atoms with Crippen molar-refractivity contribution in [2.45, 2.75) is 19.8 Å². The van der Waals surface area contributed by atoms with Crippen LogP contribution >= 0.6 is 12.2 Å². The van der Waals surface area contributed by atoms with Crippen molar-refractivity contribution >= 4 is 28.9 Å². The zero-order valence-electron chi connectivity index (χ0n) is 13.5. The number of halogens is 1. The number of nitrogens with one attached hydrogen (secondary N) is 2. The number of hydrogen-bond donors (Lipinski definition) is 2. The van der Waals surface area contributed by atoms with Crippen LogP contribution < -0.4 is 15.4 Å². The van der Waals surface area contributed by atoms with E-state index in [0.717, 1.165) is 5.56 Å². The number of carbonyl (C=O) groups excluding carboxylic acids is 1. The predicted molar refractivity (Wildman–Crippen MR) is 96.8 cm³/mol. The zero-order valence-corrected chi connectivity index (χ0v) is 14.3. The molecule has 0 spiro atoms. The third-order valence-corrected chi connectivity index (χ3v) is 3.46. The Balaban J connectivity index is 1.85. The summed E-state index contributed by atoms with van der Waals surface area (Å²) in [6.07, 6.45) is 0. The van der Waals surface area contributed by atoms with E-state index in [2.05, 4.69) is 24.5 Å². The summed E-state index contributed by atoms with van der Waals surface area (Å²) in [7, 11) is 0. The highest BCUT2D eigenvalue weighted by Crippen LogP contribution is 2.25. The molecule has 0 bridgehead atoms. The molecule has 0 saturated heterocycles. The molecule has 1 amide bonds. The molecule has 0 heterocycles. The van der Waals surface area contributed by atoms with Crippen LogP contribution in [0.2, 0.25) is 0 Å². The second kappa shape index (κ2) is 8.40. The molecule has 0 atom stereocenters. The van der Waals surface area contributed by atoms with Crippen LogP contribution in [0.1, 0.15) is 25.3 Å². The topological polar surface area (TPSA) is 50.4 Å². The fourth-order valence-electron chi connectivity index (χ4n) is 2.09. The minimum Gasteiger partial charge on any atom is -0.483 e. The summed E-state index contributed by atoms with van der Waals surface area (Å²) in [5.74, 6) is 0.270. The molecule has 24 heavy (non-hydrogen) atoms. The lowest BCUT2D eigenvalue weighted by atomic mass is 10.0. The zero-order chi connectivity index (χ0) is 17.5. The maximum absolute atomic E-state index is 12.8. The lowest BCUT2D eigenvalue weighted by Crippen LogP contribution is -2.37. The molecule has 6 heteroatoms. The molecule has 0 saturated carbocycles. The average Bonchev–Trinajstić information content (AvgIpc) is 2.55. The number of ether oxygens (including phenoxy) is 1. The number of anilines is 1. The minimum atomic E-state index is -0.367. The molecule has 0 fully saturated rings. The van der Waals surface area contributed by atoms with Gasteiger partial charge in [-0.05, 0) is 54.0 Å². The normalized spacial score (nSPS) is 10.3. The van der Waals surface area contributed by atoms with E-state index in [-0.39, 0.29) is 23.4 Å². The summed E-state index contributed by atoms with van der Waals surface area (Å²) in [6, 6.07) is 13.3. The van der Waals surface area contributed by atoms with Gasteiger partial charge in [0.2, 0.25) is 0 Å². The fraction of sp³-hybridized carbons (Fsp3) is 0.222. The summed E-state index contributed by atoms with van der Waals surface area (Å²) in [4.78, 5) is 11.9. The van der Waals surface area contributed by atoms with Gasteiger partial charge in [-0.15, -0.1) is 0 Å². The Morgan fingerprint density at radius 1 is 1.17 bits per heavy atom. The fourth-order valence-corrected chi connectivity index (χ4v) is 2.32. The molecule has 2 N–H and O–H groups in total. The van der Waals surface area contributed by atoms with Crippen LogP contribution in [0.15, 0.2) is 48.5 Å². The molecular weight excluding hydrogens is 327 g/mol. The van der Waals surface area contributed by atoms with Gasteiger partial charge in [-0.1, -0.05) is 32.0 Å². The quantitative estimate of drug-likeness (QED) is 0.808. The van der Waals surface area contributed by atoms with Crippen molar-refractivity contribution in [2.24, 2.45) is 0 Å². The number of para-hydroxylation sites is 1. The molecule has 0 unspecified atom stereocenters. The average molecular weight is 346 g/mol. The summed E-state index contributed by atoms with van der Waals surface area (Å²) in [6.45, 7) is 3.98. The highest BCUT2D eigenvalue weighted by Gasteiger charge is 2.10. The number of benzene rings is 2. The monoisotopic (exact) mass is 346 g/mol. The van der Waals surface area contributed by atoms with E-state index in [0.29, 0.717) is 17.4 Å². The van der Waals surface area contributed by atoms with Gasteiger partial charge in [0.15, 0.2) is 11.7 Å². The molecule has 4 nitrogen and oxygen atoms in total. The van der Waals surface area contributed by atoms with Crippen molar-refractivity contribution in [3.05, 3.63) is 59.9 Å². The van der Waals surface area contributed by atoms with E-state index < -0.39 is 0 Å². The summed E-state index contributed by atoms with van der Waals surface area (Å²) < 4.78 is 18.4. The Hall–Kier alpha value is -2.47. The number of thiocarbonyl (C=S) groups is 1. The van der Waals surface area contributed by atoms with Gasteiger partial charge in [0.25, 0.3) is 5.91 Å². The van der Waals surface area contributed by atoms with Gasteiger partial charge in [-0.3, -0.25) is 10.1 Å². The first-order valence-electron chi connectivity index (χ1n) is 7.54. The van der Waals surface area contributed by atoms with E-state index in [1.54, 1.807) is 0 Å². The summed E-state index contributed by atoms with van der Waals surface area (Å²) in [5.41, 5.74) is 1.63. The molecule has 2 rings (SSSR count). The third-order valence-electron chi connectivity index (χ3n) is 3.25. The highest BCUT2D eigenvalue weighted by atomic mass is 32.1. The standard InChI is InChI=1S/C18H19FN2O2S/c1-12(2)15-5-3-4-6-16(15)23-11-17(22)21-18(24)20-14-9-7-13(19)8-10-14/h3-10,12H,11H2,1-2H3,(H2,20,21,22,24). The third kappa shape index (κ3) is 5.31. The molecule has 0 aromatic heterocycles. The maximum atomic E-state index is 12.8. The highest BCUT2D eigenvalue weighted by molar-refractivity contribution is 7.80. The van der Waals surface area contributed by atoms with Crippen molar-refractivity contribution in [3.63, 3.8) is 0 Å². The number of amides is 1. The lowest BCUT2D eigenvalue weighted by Gasteiger charge is -2.14. The first-order valence-corrected chi connectivity index (χ1v) is 7.94. The minimum absolute atomic E-state index is 0.132. The smallest absolute Gasteiger partial charge is 0.264 e. The second-order valence-corrected chi connectivity index (χ2v) is 5.90. The first-order chi connectivity index (χ1) is 11.5. The van der Waals surface area contributed by atoms with Crippen molar-refractivity contribution in [2.75, 3.05) is 11.9 Å². The number of rotatable bonds is 5. The van der Waals surface area contributed by atoms with Crippen LogP contribution in [-0.2, 0) is 4.79 Å². The Bertz CT molecular complexity index is 717. The van der Waals surface area contributed by atoms with Gasteiger partial charge in [-0.25, -0.2) is 4.39 Å². The van der Waals surface area contributed by atoms with Gasteiger partial charge >= 0.3 is 0 Å². The molecule has 2 aromatic rings. The van der Waals surface area contributed by atoms with Crippen LogP contribution in [0.4, 0.5) is 10.1 Å². The Morgan fingerprint density at radius 3 is 2.50 bits per heavy atom. The second-order valence-electron chi connectivity index (χ2n) is 5.49. The summed E-state index contributed by atoms with van der Waals surface area (Å²) >= 11 is 5.05. The van der Waals surface area contributed by atoms with Gasteiger partial charge in [-0.2, -0.15) is 0 Å². The van der Waals surface area contributed by atoms with Crippen molar-refractivity contribution in [1.29, 1.82) is 0 Å². The first kappa shape index (κ1) is 17.9. The lowest BCUT2D eigenvalue weighted by molar-refractivity contribution is -0.121.